The summed E-state index contributed by atoms with van der Waals surface area (Å²) in [4.78, 5) is 4.51. The van der Waals surface area contributed by atoms with Gasteiger partial charge >= 0.3 is 0 Å². The molecule has 0 aliphatic heterocycles. The number of hydrogen-bond donors (Lipinski definition) is 1. The molecule has 0 amide bonds. The number of halogens is 1. The van der Waals surface area contributed by atoms with Crippen molar-refractivity contribution in [3.8, 4) is 0 Å². The minimum atomic E-state index is -3.21. The van der Waals surface area contributed by atoms with Gasteiger partial charge in [-0.15, -0.1) is 0 Å². The molecule has 0 unspecified atom stereocenters. The van der Waals surface area contributed by atoms with Crippen molar-refractivity contribution in [2.24, 2.45) is 10.7 Å². The third-order valence-electron chi connectivity index (χ3n) is 2.98. The lowest BCUT2D eigenvalue weighted by Gasteiger charge is -2.04. The van der Waals surface area contributed by atoms with Gasteiger partial charge in [0.2, 0.25) is 0 Å². The van der Waals surface area contributed by atoms with Crippen molar-refractivity contribution < 1.29 is 8.42 Å². The van der Waals surface area contributed by atoms with E-state index in [1.54, 1.807) is 18.2 Å². The summed E-state index contributed by atoms with van der Waals surface area (Å²) in [6, 6.07) is 11.7. The first-order valence-corrected chi connectivity index (χ1v) is 8.45. The van der Waals surface area contributed by atoms with Crippen LogP contribution < -0.4 is 5.73 Å². The summed E-state index contributed by atoms with van der Waals surface area (Å²) in [7, 11) is -3.21. The molecule has 2 N–H and O–H groups in total. The molecule has 110 valence electrons. The Labute approximate surface area is 129 Å². The fourth-order valence-electron chi connectivity index (χ4n) is 1.72. The molecule has 0 heterocycles. The molecule has 0 spiro atoms. The van der Waals surface area contributed by atoms with E-state index in [0.29, 0.717) is 16.5 Å². The molecule has 0 radical (unpaired) electrons. The molecule has 0 aliphatic carbocycles. The molecular formula is C15H15ClN2O2S. The van der Waals surface area contributed by atoms with E-state index in [1.807, 2.05) is 19.1 Å². The second kappa shape index (κ2) is 5.87. The van der Waals surface area contributed by atoms with Gasteiger partial charge in [-0.2, -0.15) is 0 Å². The molecule has 0 bridgehead atoms. The molecule has 2 aromatic carbocycles. The summed E-state index contributed by atoms with van der Waals surface area (Å²) in [5.41, 5.74) is 8.21. The zero-order valence-corrected chi connectivity index (χ0v) is 13.2. The highest BCUT2D eigenvalue weighted by atomic mass is 35.5. The highest BCUT2D eigenvalue weighted by Gasteiger charge is 2.06. The van der Waals surface area contributed by atoms with E-state index in [-0.39, 0.29) is 4.90 Å². The number of sulfone groups is 1. The molecule has 2 aromatic rings. The van der Waals surface area contributed by atoms with Crippen LogP contribution in [0.15, 0.2) is 52.4 Å². The first kappa shape index (κ1) is 15.5. The molecule has 0 fully saturated rings. The highest BCUT2D eigenvalue weighted by Crippen LogP contribution is 2.19. The number of hydrogen-bond acceptors (Lipinski definition) is 3. The second-order valence-corrected chi connectivity index (χ2v) is 7.15. The first-order valence-electron chi connectivity index (χ1n) is 6.18. The molecule has 6 heteroatoms. The van der Waals surface area contributed by atoms with E-state index in [9.17, 15) is 8.42 Å². The van der Waals surface area contributed by atoms with Crippen LogP contribution >= 0.6 is 11.6 Å². The number of nitrogens with two attached hydrogens (primary N) is 1. The fraction of sp³-hybridized carbons (Fsp3) is 0.133. The Hall–Kier alpha value is -1.85. The number of amidine groups is 1. The fourth-order valence-corrected chi connectivity index (χ4v) is 2.53. The van der Waals surface area contributed by atoms with E-state index in [0.717, 1.165) is 17.4 Å². The lowest BCUT2D eigenvalue weighted by atomic mass is 10.1. The summed E-state index contributed by atoms with van der Waals surface area (Å²) < 4.78 is 22.8. The Balaban J connectivity index is 2.32. The summed E-state index contributed by atoms with van der Waals surface area (Å²) in [6.07, 6.45) is 1.16. The number of rotatable bonds is 3. The zero-order chi connectivity index (χ0) is 15.6. The van der Waals surface area contributed by atoms with Crippen LogP contribution in [0.4, 0.5) is 5.69 Å². The third-order valence-corrected chi connectivity index (χ3v) is 4.52. The van der Waals surface area contributed by atoms with Gasteiger partial charge in [0.1, 0.15) is 5.84 Å². The number of nitrogens with zero attached hydrogens (tertiary/aromatic N) is 1. The van der Waals surface area contributed by atoms with E-state index < -0.39 is 9.84 Å². The Morgan fingerprint density at radius 2 is 1.76 bits per heavy atom. The largest absolute Gasteiger partial charge is 0.383 e. The minimum Gasteiger partial charge on any atom is -0.383 e. The predicted molar refractivity (Wildman–Crippen MR) is 86.1 cm³/mol. The maximum atomic E-state index is 11.4. The molecule has 21 heavy (non-hydrogen) atoms. The molecule has 0 saturated carbocycles. The molecule has 0 aromatic heterocycles. The zero-order valence-electron chi connectivity index (χ0n) is 11.7. The number of benzene rings is 2. The van der Waals surface area contributed by atoms with Crippen LogP contribution in [0.5, 0.6) is 0 Å². The van der Waals surface area contributed by atoms with Crippen LogP contribution in [0.3, 0.4) is 0 Å². The van der Waals surface area contributed by atoms with Crippen molar-refractivity contribution in [2.75, 3.05) is 6.26 Å². The second-order valence-electron chi connectivity index (χ2n) is 4.73. The maximum absolute atomic E-state index is 11.4. The van der Waals surface area contributed by atoms with E-state index in [4.69, 9.17) is 17.3 Å². The predicted octanol–water partition coefficient (Wildman–Crippen LogP) is 3.09. The van der Waals surface area contributed by atoms with E-state index in [2.05, 4.69) is 4.99 Å². The Kier molecular flexibility index (Phi) is 4.34. The van der Waals surface area contributed by atoms with Crippen molar-refractivity contribution in [3.05, 3.63) is 58.6 Å². The maximum Gasteiger partial charge on any atom is 0.175 e. The molecule has 2 rings (SSSR count). The smallest absolute Gasteiger partial charge is 0.175 e. The average Bonchev–Trinajstić information content (AvgIpc) is 2.41. The topological polar surface area (TPSA) is 72.5 Å². The first-order chi connectivity index (χ1) is 9.77. The normalized spacial score (nSPS) is 12.4. The van der Waals surface area contributed by atoms with Crippen LogP contribution in [0, 0.1) is 6.92 Å². The van der Waals surface area contributed by atoms with Crippen LogP contribution in [0.1, 0.15) is 11.1 Å². The van der Waals surface area contributed by atoms with Crippen LogP contribution in [0.25, 0.3) is 0 Å². The van der Waals surface area contributed by atoms with Crippen LogP contribution in [0.2, 0.25) is 5.02 Å². The van der Waals surface area contributed by atoms with Gasteiger partial charge in [0.15, 0.2) is 9.84 Å². The van der Waals surface area contributed by atoms with Gasteiger partial charge in [-0.1, -0.05) is 23.7 Å². The Morgan fingerprint density at radius 1 is 1.14 bits per heavy atom. The SMILES string of the molecule is Cc1ccc(C(N)=Nc2ccc(S(C)(=O)=O)cc2)cc1Cl. The molecule has 0 aliphatic rings. The van der Waals surface area contributed by atoms with Gasteiger partial charge in [0.05, 0.1) is 10.6 Å². The van der Waals surface area contributed by atoms with Crippen molar-refractivity contribution in [2.45, 2.75) is 11.8 Å². The van der Waals surface area contributed by atoms with Gasteiger partial charge in [-0.25, -0.2) is 13.4 Å². The van der Waals surface area contributed by atoms with Gasteiger partial charge in [-0.3, -0.25) is 0 Å². The molecular weight excluding hydrogens is 308 g/mol. The van der Waals surface area contributed by atoms with Gasteiger partial charge < -0.3 is 5.73 Å². The highest BCUT2D eigenvalue weighted by molar-refractivity contribution is 7.90. The minimum absolute atomic E-state index is 0.249. The van der Waals surface area contributed by atoms with Crippen LogP contribution in [-0.4, -0.2) is 20.5 Å². The van der Waals surface area contributed by atoms with Crippen LogP contribution in [-0.2, 0) is 9.84 Å². The summed E-state index contributed by atoms with van der Waals surface area (Å²) in [5, 5.41) is 0.623. The lowest BCUT2D eigenvalue weighted by molar-refractivity contribution is 0.602. The number of aliphatic imine (C=N–C) groups is 1. The standard InChI is InChI=1S/C15H15ClN2O2S/c1-10-3-4-11(9-14(10)16)15(17)18-12-5-7-13(8-6-12)21(2,19)20/h3-9H,1-2H3,(H2,17,18). The third kappa shape index (κ3) is 3.83. The summed E-state index contributed by atoms with van der Waals surface area (Å²) >= 11 is 6.05. The number of aryl methyl sites for hydroxylation is 1. The van der Waals surface area contributed by atoms with Gasteiger partial charge in [-0.05, 0) is 42.8 Å². The van der Waals surface area contributed by atoms with Crippen molar-refractivity contribution in [1.82, 2.24) is 0 Å². The van der Waals surface area contributed by atoms with Crippen molar-refractivity contribution in [3.63, 3.8) is 0 Å². The summed E-state index contributed by atoms with van der Waals surface area (Å²) in [5.74, 6) is 0.323. The monoisotopic (exact) mass is 322 g/mol. The summed E-state index contributed by atoms with van der Waals surface area (Å²) in [6.45, 7) is 1.91. The van der Waals surface area contributed by atoms with Crippen molar-refractivity contribution in [1.29, 1.82) is 0 Å². The van der Waals surface area contributed by atoms with Gasteiger partial charge in [0.25, 0.3) is 0 Å². The van der Waals surface area contributed by atoms with Crippen molar-refractivity contribution >= 4 is 33.0 Å². The molecule has 0 atom stereocenters. The van der Waals surface area contributed by atoms with E-state index in [1.165, 1.54) is 12.1 Å². The molecule has 0 saturated heterocycles. The quantitative estimate of drug-likeness (QED) is 0.697. The average molecular weight is 323 g/mol. The Morgan fingerprint density at radius 3 is 2.29 bits per heavy atom. The lowest BCUT2D eigenvalue weighted by Crippen LogP contribution is -2.12. The van der Waals surface area contributed by atoms with E-state index >= 15 is 0 Å². The molecule has 4 nitrogen and oxygen atoms in total. The Bertz CT molecular complexity index is 797. The van der Waals surface area contributed by atoms with Gasteiger partial charge in [0, 0.05) is 16.8 Å².